The van der Waals surface area contributed by atoms with Crippen LogP contribution in [0.25, 0.3) is 122 Å². The van der Waals surface area contributed by atoms with Crippen LogP contribution in [-0.4, -0.2) is 19.9 Å². The number of fused-ring (bicyclic) bond motifs is 6. The maximum Gasteiger partial charge on any atom is 0.0972 e. The lowest BCUT2D eigenvalue weighted by Gasteiger charge is -2.13. The van der Waals surface area contributed by atoms with Gasteiger partial charge in [-0.15, -0.1) is 0 Å². The summed E-state index contributed by atoms with van der Waals surface area (Å²) in [5, 5.41) is 6.63. The molecule has 0 aliphatic heterocycles. The first-order valence-electron chi connectivity index (χ1n) is 20.9. The van der Waals surface area contributed by atoms with Gasteiger partial charge in [-0.25, -0.2) is 15.0 Å². The van der Waals surface area contributed by atoms with Crippen LogP contribution in [0.1, 0.15) is 0 Å². The molecule has 0 saturated heterocycles. The van der Waals surface area contributed by atoms with Gasteiger partial charge < -0.3 is 0 Å². The van der Waals surface area contributed by atoms with E-state index >= 15 is 0 Å². The topological polar surface area (TPSA) is 51.6 Å². The van der Waals surface area contributed by atoms with Crippen molar-refractivity contribution >= 4 is 54.4 Å². The molecule has 12 rings (SSSR count). The molecule has 0 aliphatic carbocycles. The highest BCUT2D eigenvalue weighted by atomic mass is 14.8. The van der Waals surface area contributed by atoms with Gasteiger partial charge in [0.1, 0.15) is 0 Å². The van der Waals surface area contributed by atoms with Gasteiger partial charge in [0, 0.05) is 44.4 Å². The van der Waals surface area contributed by atoms with E-state index < -0.39 is 0 Å². The van der Waals surface area contributed by atoms with Crippen molar-refractivity contribution in [2.24, 2.45) is 0 Å². The lowest BCUT2D eigenvalue weighted by atomic mass is 9.94. The molecule has 4 aromatic heterocycles. The number of rotatable bonds is 6. The van der Waals surface area contributed by atoms with Gasteiger partial charge in [-0.1, -0.05) is 146 Å². The van der Waals surface area contributed by atoms with Gasteiger partial charge in [-0.2, -0.15) is 0 Å². The molecule has 0 fully saturated rings. The minimum absolute atomic E-state index is 0.914. The second kappa shape index (κ2) is 14.7. The lowest BCUT2D eigenvalue weighted by Crippen LogP contribution is -1.92. The number of aromatic nitrogens is 4. The van der Waals surface area contributed by atoms with Crippen molar-refractivity contribution in [3.05, 3.63) is 219 Å². The molecule has 0 atom stereocenters. The fourth-order valence-corrected chi connectivity index (χ4v) is 8.91. The molecule has 0 amide bonds. The van der Waals surface area contributed by atoms with Gasteiger partial charge in [-0.05, 0) is 111 Å². The van der Waals surface area contributed by atoms with E-state index in [0.29, 0.717) is 0 Å². The van der Waals surface area contributed by atoms with Crippen molar-refractivity contribution in [3.63, 3.8) is 0 Å². The predicted octanol–water partition coefficient (Wildman–Crippen LogP) is 15.0. The van der Waals surface area contributed by atoms with E-state index in [4.69, 9.17) is 15.0 Å². The highest BCUT2D eigenvalue weighted by Crippen LogP contribution is 2.38. The third-order valence-electron chi connectivity index (χ3n) is 12.1. The Balaban J connectivity index is 0.862. The highest BCUT2D eigenvalue weighted by molar-refractivity contribution is 6.07. The standard InChI is InChI=1S/C58H36N4/c1-3-10-37(11-4-1)45-34-46(38-12-5-2-6-13-38)36-47(35-45)54-28-22-43-32-41(20-26-52(43)60-54)42-21-27-53-44(33-42)23-30-55(61-53)50-24-25-51(49-16-8-7-15-48(49)50)56-29-19-40-18-17-39-14-9-31-59-57(39)58(40)62-56/h1-36H. The van der Waals surface area contributed by atoms with Crippen molar-refractivity contribution in [3.8, 4) is 67.2 Å². The molecule has 0 N–H and O–H groups in total. The van der Waals surface area contributed by atoms with Gasteiger partial charge in [-0.3, -0.25) is 4.98 Å². The van der Waals surface area contributed by atoms with Crippen molar-refractivity contribution in [1.29, 1.82) is 0 Å². The largest absolute Gasteiger partial charge is 0.254 e. The number of hydrogen-bond acceptors (Lipinski definition) is 4. The highest BCUT2D eigenvalue weighted by Gasteiger charge is 2.15. The summed E-state index contributed by atoms with van der Waals surface area (Å²) in [6.45, 7) is 0. The van der Waals surface area contributed by atoms with Crippen LogP contribution in [0.3, 0.4) is 0 Å². The van der Waals surface area contributed by atoms with E-state index in [2.05, 4.69) is 211 Å². The first-order valence-corrected chi connectivity index (χ1v) is 20.9. The summed E-state index contributed by atoms with van der Waals surface area (Å²) < 4.78 is 0. The van der Waals surface area contributed by atoms with Crippen molar-refractivity contribution in [1.82, 2.24) is 19.9 Å². The van der Waals surface area contributed by atoms with Crippen LogP contribution in [0, 0.1) is 0 Å². The van der Waals surface area contributed by atoms with E-state index in [9.17, 15) is 0 Å². The zero-order valence-corrected chi connectivity index (χ0v) is 33.6. The van der Waals surface area contributed by atoms with Crippen LogP contribution in [0.4, 0.5) is 0 Å². The minimum atomic E-state index is 0.914. The van der Waals surface area contributed by atoms with Crippen LogP contribution in [0.5, 0.6) is 0 Å². The first kappa shape index (κ1) is 35.6. The minimum Gasteiger partial charge on any atom is -0.254 e. The molecule has 0 aliphatic rings. The molecule has 12 aromatic rings. The summed E-state index contributed by atoms with van der Waals surface area (Å²) in [4.78, 5) is 20.3. The third-order valence-corrected chi connectivity index (χ3v) is 12.1. The van der Waals surface area contributed by atoms with Gasteiger partial charge >= 0.3 is 0 Å². The molecule has 0 spiro atoms. The normalized spacial score (nSPS) is 11.5. The molecule has 4 heteroatoms. The van der Waals surface area contributed by atoms with Crippen LogP contribution in [-0.2, 0) is 0 Å². The average molecular weight is 789 g/mol. The molecule has 0 unspecified atom stereocenters. The molecule has 0 saturated carbocycles. The zero-order chi connectivity index (χ0) is 41.0. The average Bonchev–Trinajstić information content (AvgIpc) is 3.35. The lowest BCUT2D eigenvalue weighted by molar-refractivity contribution is 1.37. The smallest absolute Gasteiger partial charge is 0.0972 e. The van der Waals surface area contributed by atoms with Gasteiger partial charge in [0.25, 0.3) is 0 Å². The van der Waals surface area contributed by atoms with E-state index in [1.54, 1.807) is 0 Å². The zero-order valence-electron chi connectivity index (χ0n) is 33.6. The summed E-state index contributed by atoms with van der Waals surface area (Å²) in [5.74, 6) is 0. The van der Waals surface area contributed by atoms with Crippen molar-refractivity contribution in [2.45, 2.75) is 0 Å². The molecular formula is C58H36N4. The SMILES string of the molecule is c1ccc(-c2cc(-c3ccccc3)cc(-c3ccc4cc(-c5ccc6nc(-c7ccc(-c8ccc9ccc%10cccnc%10c9n8)c8ccccc78)ccc6c5)ccc4n3)c2)cc1. The Bertz CT molecular complexity index is 3630. The number of benzene rings is 8. The summed E-state index contributed by atoms with van der Waals surface area (Å²) in [7, 11) is 0. The Hall–Kier alpha value is -8.34. The Morgan fingerprint density at radius 1 is 0.258 bits per heavy atom. The van der Waals surface area contributed by atoms with Gasteiger partial charge in [0.05, 0.1) is 39.1 Å². The summed E-state index contributed by atoms with van der Waals surface area (Å²) in [6, 6.07) is 75.1. The maximum absolute atomic E-state index is 5.21. The van der Waals surface area contributed by atoms with Crippen molar-refractivity contribution in [2.75, 3.05) is 0 Å². The number of hydrogen-bond donors (Lipinski definition) is 0. The molecular weight excluding hydrogens is 753 g/mol. The summed E-state index contributed by atoms with van der Waals surface area (Å²) in [6.07, 6.45) is 1.84. The quantitative estimate of drug-likeness (QED) is 0.158. The Kier molecular flexibility index (Phi) is 8.46. The molecule has 8 aromatic carbocycles. The monoisotopic (exact) mass is 788 g/mol. The molecule has 62 heavy (non-hydrogen) atoms. The van der Waals surface area contributed by atoms with Crippen molar-refractivity contribution < 1.29 is 0 Å². The number of nitrogens with zero attached hydrogens (tertiary/aromatic N) is 4. The summed E-state index contributed by atoms with van der Waals surface area (Å²) in [5.41, 5.74) is 16.8. The second-order valence-corrected chi connectivity index (χ2v) is 15.9. The van der Waals surface area contributed by atoms with Gasteiger partial charge in [0.2, 0.25) is 0 Å². The summed E-state index contributed by atoms with van der Waals surface area (Å²) >= 11 is 0. The fraction of sp³-hybridized carbons (Fsp3) is 0. The van der Waals surface area contributed by atoms with Gasteiger partial charge in [0.15, 0.2) is 0 Å². The third kappa shape index (κ3) is 6.34. The predicted molar refractivity (Wildman–Crippen MR) is 258 cm³/mol. The van der Waals surface area contributed by atoms with Crippen LogP contribution in [0.15, 0.2) is 219 Å². The van der Waals surface area contributed by atoms with Crippen LogP contribution >= 0.6 is 0 Å². The second-order valence-electron chi connectivity index (χ2n) is 15.9. The maximum atomic E-state index is 5.21. The molecule has 4 nitrogen and oxygen atoms in total. The Labute approximate surface area is 358 Å². The van der Waals surface area contributed by atoms with Crippen LogP contribution < -0.4 is 0 Å². The fourth-order valence-electron chi connectivity index (χ4n) is 8.91. The van der Waals surface area contributed by atoms with E-state index in [0.717, 1.165) is 99.3 Å². The molecule has 0 radical (unpaired) electrons. The van der Waals surface area contributed by atoms with E-state index in [1.807, 2.05) is 12.3 Å². The van der Waals surface area contributed by atoms with Crippen LogP contribution in [0.2, 0.25) is 0 Å². The Morgan fingerprint density at radius 2 is 0.742 bits per heavy atom. The Morgan fingerprint density at radius 3 is 1.35 bits per heavy atom. The number of pyridine rings is 4. The molecule has 0 bridgehead atoms. The van der Waals surface area contributed by atoms with E-state index in [1.165, 1.54) is 22.3 Å². The first-order chi connectivity index (χ1) is 30.7. The molecule has 4 heterocycles. The van der Waals surface area contributed by atoms with E-state index in [-0.39, 0.29) is 0 Å². The molecule has 288 valence electrons.